The van der Waals surface area contributed by atoms with Gasteiger partial charge in [0.05, 0.1) is 25.2 Å². The van der Waals surface area contributed by atoms with Gasteiger partial charge < -0.3 is 20.3 Å². The summed E-state index contributed by atoms with van der Waals surface area (Å²) in [7, 11) is 0. The number of hydrogen-bond acceptors (Lipinski definition) is 5. The molecule has 3 N–H and O–H groups in total. The zero-order valence-corrected chi connectivity index (χ0v) is 38.9. The van der Waals surface area contributed by atoms with Crippen LogP contribution in [0.25, 0.3) is 0 Å². The third kappa shape index (κ3) is 42.1. The first-order chi connectivity index (χ1) is 29.0. The van der Waals surface area contributed by atoms with Crippen LogP contribution < -0.4 is 5.32 Å². The maximum atomic E-state index is 13.2. The fourth-order valence-electron chi connectivity index (χ4n) is 7.30. The van der Waals surface area contributed by atoms with Gasteiger partial charge in [-0.15, -0.1) is 0 Å². The van der Waals surface area contributed by atoms with Gasteiger partial charge in [0.1, 0.15) is 6.10 Å². The highest BCUT2D eigenvalue weighted by molar-refractivity contribution is 5.77. The fourth-order valence-corrected chi connectivity index (χ4v) is 7.30. The standard InChI is InChI=1S/C53H95NO5/c1-4-7-10-13-16-19-22-25-27-29-32-35-38-41-44-49(59-53(58)46-43-40-37-34-31-28-26-23-20-17-14-11-8-5-2)47-52(57)54-50(48-55)51(56)45-42-39-36-33-30-24-21-18-15-12-9-6-3/h7,10,16,19,25,27-28,31-32,35,49-51,55-56H,4-6,8-9,11-15,17-18,20-24,26,29-30,33-34,36-48H2,1-3H3,(H,54,57)/b10-7+,19-16+,27-25+,31-28-,35-32+. The van der Waals surface area contributed by atoms with E-state index in [4.69, 9.17) is 4.74 Å². The van der Waals surface area contributed by atoms with Crippen LogP contribution >= 0.6 is 0 Å². The van der Waals surface area contributed by atoms with Gasteiger partial charge in [-0.2, -0.15) is 0 Å². The van der Waals surface area contributed by atoms with Crippen molar-refractivity contribution in [1.82, 2.24) is 5.32 Å². The van der Waals surface area contributed by atoms with Crippen molar-refractivity contribution in [2.45, 2.75) is 257 Å². The summed E-state index contributed by atoms with van der Waals surface area (Å²) in [4.78, 5) is 26.1. The molecule has 0 aliphatic rings. The minimum atomic E-state index is -0.804. The molecule has 0 spiro atoms. The minimum absolute atomic E-state index is 0.0330. The summed E-state index contributed by atoms with van der Waals surface area (Å²) < 4.78 is 5.89. The van der Waals surface area contributed by atoms with Crippen molar-refractivity contribution in [1.29, 1.82) is 0 Å². The van der Waals surface area contributed by atoms with E-state index in [0.29, 0.717) is 19.3 Å². The van der Waals surface area contributed by atoms with Gasteiger partial charge in [-0.25, -0.2) is 0 Å². The number of rotatable bonds is 44. The van der Waals surface area contributed by atoms with Gasteiger partial charge in [0.2, 0.25) is 5.91 Å². The van der Waals surface area contributed by atoms with Crippen LogP contribution in [0, 0.1) is 0 Å². The van der Waals surface area contributed by atoms with Gasteiger partial charge in [0, 0.05) is 6.42 Å². The maximum absolute atomic E-state index is 13.2. The molecule has 3 atom stereocenters. The molecule has 0 aliphatic carbocycles. The topological polar surface area (TPSA) is 95.9 Å². The molecule has 1 amide bonds. The van der Waals surface area contributed by atoms with Crippen LogP contribution in [0.4, 0.5) is 0 Å². The summed E-state index contributed by atoms with van der Waals surface area (Å²) in [5, 5.41) is 23.7. The quantitative estimate of drug-likeness (QED) is 0.0323. The van der Waals surface area contributed by atoms with Crippen LogP contribution in [-0.2, 0) is 14.3 Å². The Hall–Kier alpha value is -2.44. The van der Waals surface area contributed by atoms with E-state index < -0.39 is 18.2 Å². The number of unbranched alkanes of at least 4 members (excludes halogenated alkanes) is 22. The number of carbonyl (C=O) groups is 2. The van der Waals surface area contributed by atoms with Gasteiger partial charge in [-0.1, -0.05) is 204 Å². The SMILES string of the molecule is CC/C=C/C/C=C/C/C=C/C/C=C/CCCC(CC(=O)NC(CO)C(O)CCCCCCCCCCCCCC)OC(=O)CCCCC/C=C\CCCCCCCCC. The lowest BCUT2D eigenvalue weighted by Gasteiger charge is -2.24. The molecule has 0 rings (SSSR count). The fraction of sp³-hybridized carbons (Fsp3) is 0.774. The molecular weight excluding hydrogens is 731 g/mol. The molecule has 0 aromatic rings. The molecule has 0 fully saturated rings. The Bertz CT molecular complexity index is 1060. The van der Waals surface area contributed by atoms with Crippen molar-refractivity contribution < 1.29 is 24.5 Å². The second-order valence-electron chi connectivity index (χ2n) is 16.8. The van der Waals surface area contributed by atoms with Gasteiger partial charge in [0.15, 0.2) is 0 Å². The summed E-state index contributed by atoms with van der Waals surface area (Å²) in [6, 6.07) is -0.722. The highest BCUT2D eigenvalue weighted by Crippen LogP contribution is 2.16. The molecule has 342 valence electrons. The maximum Gasteiger partial charge on any atom is 0.306 e. The second-order valence-corrected chi connectivity index (χ2v) is 16.8. The number of nitrogens with one attached hydrogen (secondary N) is 1. The molecule has 6 nitrogen and oxygen atoms in total. The summed E-state index contributed by atoms with van der Waals surface area (Å²) in [6.45, 7) is 6.34. The first kappa shape index (κ1) is 56.6. The molecule has 0 aromatic carbocycles. The van der Waals surface area contributed by atoms with Crippen LogP contribution in [0.1, 0.15) is 239 Å². The molecule has 0 saturated carbocycles. The summed E-state index contributed by atoms with van der Waals surface area (Å²) in [5.41, 5.74) is 0. The van der Waals surface area contributed by atoms with Crippen LogP contribution in [0.15, 0.2) is 60.8 Å². The van der Waals surface area contributed by atoms with E-state index in [9.17, 15) is 19.8 Å². The van der Waals surface area contributed by atoms with Crippen LogP contribution in [0.2, 0.25) is 0 Å². The molecule has 3 unspecified atom stereocenters. The minimum Gasteiger partial charge on any atom is -0.462 e. The van der Waals surface area contributed by atoms with Crippen LogP contribution in [0.5, 0.6) is 0 Å². The lowest BCUT2D eigenvalue weighted by atomic mass is 10.0. The molecule has 0 aromatic heterocycles. The van der Waals surface area contributed by atoms with Gasteiger partial charge in [0.25, 0.3) is 0 Å². The van der Waals surface area contributed by atoms with E-state index in [1.54, 1.807) is 0 Å². The predicted octanol–water partition coefficient (Wildman–Crippen LogP) is 14.8. The van der Waals surface area contributed by atoms with E-state index in [1.165, 1.54) is 103 Å². The van der Waals surface area contributed by atoms with Crippen molar-refractivity contribution in [2.75, 3.05) is 6.61 Å². The lowest BCUT2D eigenvalue weighted by molar-refractivity contribution is -0.151. The number of esters is 1. The zero-order valence-electron chi connectivity index (χ0n) is 38.9. The van der Waals surface area contributed by atoms with Gasteiger partial charge in [-0.3, -0.25) is 9.59 Å². The number of aliphatic hydroxyl groups excluding tert-OH is 2. The van der Waals surface area contributed by atoms with Gasteiger partial charge >= 0.3 is 5.97 Å². The van der Waals surface area contributed by atoms with E-state index in [2.05, 4.69) is 86.8 Å². The van der Waals surface area contributed by atoms with Crippen molar-refractivity contribution in [3.8, 4) is 0 Å². The predicted molar refractivity (Wildman–Crippen MR) is 255 cm³/mol. The smallest absolute Gasteiger partial charge is 0.306 e. The number of amides is 1. The van der Waals surface area contributed by atoms with Crippen molar-refractivity contribution in [3.63, 3.8) is 0 Å². The summed E-state index contributed by atoms with van der Waals surface area (Å²) in [5.74, 6) is -0.547. The summed E-state index contributed by atoms with van der Waals surface area (Å²) >= 11 is 0. The average Bonchev–Trinajstić information content (AvgIpc) is 3.23. The van der Waals surface area contributed by atoms with Crippen LogP contribution in [-0.4, -0.2) is 46.9 Å². The first-order valence-electron chi connectivity index (χ1n) is 25.0. The summed E-state index contributed by atoms with van der Waals surface area (Å²) in [6.07, 6.45) is 57.1. The van der Waals surface area contributed by atoms with Crippen molar-refractivity contribution in [2.24, 2.45) is 0 Å². The third-order valence-corrected chi connectivity index (χ3v) is 11.1. The van der Waals surface area contributed by atoms with Crippen molar-refractivity contribution in [3.05, 3.63) is 60.8 Å². The Morgan fingerprint density at radius 2 is 0.932 bits per heavy atom. The third-order valence-electron chi connectivity index (χ3n) is 11.1. The second kappa shape index (κ2) is 46.6. The number of allylic oxidation sites excluding steroid dienone is 10. The Labute approximate surface area is 365 Å². The first-order valence-corrected chi connectivity index (χ1v) is 25.0. The normalized spacial score (nSPS) is 13.8. The number of hydrogen-bond donors (Lipinski definition) is 3. The molecule has 6 heteroatoms. The molecule has 0 saturated heterocycles. The highest BCUT2D eigenvalue weighted by atomic mass is 16.5. The largest absolute Gasteiger partial charge is 0.462 e. The number of ether oxygens (including phenoxy) is 1. The Balaban J connectivity index is 4.70. The molecular formula is C53H95NO5. The molecule has 0 heterocycles. The van der Waals surface area contributed by atoms with Crippen molar-refractivity contribution >= 4 is 11.9 Å². The monoisotopic (exact) mass is 826 g/mol. The Kier molecular flexibility index (Phi) is 44.7. The molecule has 0 aliphatic heterocycles. The van der Waals surface area contributed by atoms with E-state index in [-0.39, 0.29) is 24.9 Å². The van der Waals surface area contributed by atoms with Crippen LogP contribution in [0.3, 0.4) is 0 Å². The molecule has 0 bridgehead atoms. The Morgan fingerprint density at radius 1 is 0.508 bits per heavy atom. The highest BCUT2D eigenvalue weighted by Gasteiger charge is 2.24. The van der Waals surface area contributed by atoms with E-state index >= 15 is 0 Å². The average molecular weight is 826 g/mol. The van der Waals surface area contributed by atoms with E-state index in [0.717, 1.165) is 89.9 Å². The van der Waals surface area contributed by atoms with E-state index in [1.807, 2.05) is 0 Å². The number of aliphatic hydroxyl groups is 2. The number of carbonyl (C=O) groups excluding carboxylic acids is 2. The molecule has 59 heavy (non-hydrogen) atoms. The Morgan fingerprint density at radius 3 is 1.44 bits per heavy atom. The zero-order chi connectivity index (χ0) is 43.1. The van der Waals surface area contributed by atoms with Gasteiger partial charge in [-0.05, 0) is 83.5 Å². The molecule has 0 radical (unpaired) electrons. The lowest BCUT2D eigenvalue weighted by Crippen LogP contribution is -2.46.